The monoisotopic (exact) mass is 406 g/mol. The molecule has 27 heavy (non-hydrogen) atoms. The van der Waals surface area contributed by atoms with E-state index in [1.807, 2.05) is 6.07 Å². The normalized spacial score (nSPS) is 18.4. The van der Waals surface area contributed by atoms with Gasteiger partial charge in [0.25, 0.3) is 10.0 Å². The summed E-state index contributed by atoms with van der Waals surface area (Å²) in [6, 6.07) is 10.5. The van der Waals surface area contributed by atoms with Crippen LogP contribution >= 0.6 is 11.6 Å². The lowest BCUT2D eigenvalue weighted by molar-refractivity contribution is 0.310. The molecule has 4 rings (SSSR count). The first kappa shape index (κ1) is 18.5. The van der Waals surface area contributed by atoms with Gasteiger partial charge in [-0.2, -0.15) is 0 Å². The van der Waals surface area contributed by atoms with Crippen molar-refractivity contribution in [2.24, 2.45) is 0 Å². The summed E-state index contributed by atoms with van der Waals surface area (Å²) in [4.78, 5) is 2.36. The van der Waals surface area contributed by atoms with Crippen LogP contribution in [0.5, 0.6) is 0 Å². The molecule has 0 amide bonds. The molecular weight excluding hydrogens is 387 g/mol. The van der Waals surface area contributed by atoms with Gasteiger partial charge in [0, 0.05) is 22.6 Å². The topological polar surface area (TPSA) is 42.3 Å². The molecule has 1 fully saturated rings. The van der Waals surface area contributed by atoms with E-state index in [4.69, 9.17) is 11.6 Å². The molecule has 1 atom stereocenters. The van der Waals surface area contributed by atoms with Gasteiger partial charge in [-0.15, -0.1) is 0 Å². The van der Waals surface area contributed by atoms with Gasteiger partial charge in [-0.3, -0.25) is 0 Å². The fraction of sp³-hybridized carbons (Fsp3) is 0.300. The van der Waals surface area contributed by atoms with Gasteiger partial charge >= 0.3 is 0 Å². The van der Waals surface area contributed by atoms with Crippen molar-refractivity contribution in [1.29, 1.82) is 0 Å². The Hall–Kier alpha value is -1.89. The molecule has 0 bridgehead atoms. The predicted molar refractivity (Wildman–Crippen MR) is 105 cm³/mol. The zero-order chi connectivity index (χ0) is 19.2. The lowest BCUT2D eigenvalue weighted by atomic mass is 10.0. The minimum atomic E-state index is -3.83. The van der Waals surface area contributed by atoms with Gasteiger partial charge in [0.2, 0.25) is 0 Å². The van der Waals surface area contributed by atoms with Gasteiger partial charge in [-0.1, -0.05) is 11.6 Å². The molecule has 1 unspecified atom stereocenters. The Kier molecular flexibility index (Phi) is 4.74. The molecule has 0 radical (unpaired) electrons. The molecule has 1 aromatic heterocycles. The highest BCUT2D eigenvalue weighted by Gasteiger charge is 2.26. The third-order valence-electron chi connectivity index (χ3n) is 5.31. The summed E-state index contributed by atoms with van der Waals surface area (Å²) in [5.74, 6) is -0.469. The molecule has 142 valence electrons. The molecule has 2 aromatic carbocycles. The molecule has 4 nitrogen and oxygen atoms in total. The number of benzene rings is 2. The van der Waals surface area contributed by atoms with Gasteiger partial charge in [0.05, 0.1) is 10.4 Å². The Morgan fingerprint density at radius 3 is 2.59 bits per heavy atom. The van der Waals surface area contributed by atoms with Gasteiger partial charge in [-0.05, 0) is 80.9 Å². The van der Waals surface area contributed by atoms with Crippen molar-refractivity contribution >= 4 is 32.5 Å². The highest BCUT2D eigenvalue weighted by atomic mass is 35.5. The van der Waals surface area contributed by atoms with Crippen LogP contribution in [0.1, 0.15) is 18.4 Å². The molecule has 0 saturated carbocycles. The third kappa shape index (κ3) is 3.37. The quantitative estimate of drug-likeness (QED) is 0.648. The summed E-state index contributed by atoms with van der Waals surface area (Å²) in [6.45, 7) is 1.05. The molecular formula is C20H20ClFN2O2S. The fourth-order valence-electron chi connectivity index (χ4n) is 3.81. The first-order valence-electron chi connectivity index (χ1n) is 8.87. The number of likely N-dealkylation sites (N-methyl/N-ethyl adjacent to an activating group) is 1. The minimum Gasteiger partial charge on any atom is -0.303 e. The molecule has 7 heteroatoms. The van der Waals surface area contributed by atoms with Crippen molar-refractivity contribution in [3.8, 4) is 0 Å². The second-order valence-corrected chi connectivity index (χ2v) is 9.30. The SMILES string of the molecule is CN1CCCC1Cc1cn(S(=O)(=O)c2ccc(F)cc2)c2ccc(Cl)cc12. The van der Waals surface area contributed by atoms with Crippen LogP contribution < -0.4 is 0 Å². The van der Waals surface area contributed by atoms with Crippen molar-refractivity contribution in [1.82, 2.24) is 8.87 Å². The Morgan fingerprint density at radius 1 is 1.19 bits per heavy atom. The molecule has 0 aliphatic carbocycles. The van der Waals surface area contributed by atoms with Gasteiger partial charge in [0.1, 0.15) is 5.82 Å². The number of nitrogens with zero attached hydrogens (tertiary/aromatic N) is 2. The number of hydrogen-bond acceptors (Lipinski definition) is 3. The van der Waals surface area contributed by atoms with Crippen LogP contribution in [-0.4, -0.2) is 36.9 Å². The summed E-state index contributed by atoms with van der Waals surface area (Å²) in [7, 11) is -1.73. The molecule has 1 aliphatic heterocycles. The van der Waals surface area contributed by atoms with Crippen LogP contribution in [0, 0.1) is 5.82 Å². The first-order valence-corrected chi connectivity index (χ1v) is 10.7. The van der Waals surface area contributed by atoms with E-state index in [0.717, 1.165) is 48.9 Å². The van der Waals surface area contributed by atoms with Crippen molar-refractivity contribution < 1.29 is 12.8 Å². The Labute approximate surface area is 163 Å². The highest BCUT2D eigenvalue weighted by Crippen LogP contribution is 2.31. The lowest BCUT2D eigenvalue weighted by Gasteiger charge is -2.18. The fourth-order valence-corrected chi connectivity index (χ4v) is 5.37. The van der Waals surface area contributed by atoms with Gasteiger partial charge < -0.3 is 4.90 Å². The molecule has 2 heterocycles. The maximum atomic E-state index is 13.2. The minimum absolute atomic E-state index is 0.0558. The highest BCUT2D eigenvalue weighted by molar-refractivity contribution is 7.90. The summed E-state index contributed by atoms with van der Waals surface area (Å²) < 4.78 is 40.8. The predicted octanol–water partition coefficient (Wildman–Crippen LogP) is 4.31. The van der Waals surface area contributed by atoms with Gasteiger partial charge in [0.15, 0.2) is 0 Å². The van der Waals surface area contributed by atoms with E-state index in [2.05, 4.69) is 11.9 Å². The molecule has 3 aromatic rings. The molecule has 1 saturated heterocycles. The molecule has 0 N–H and O–H groups in total. The van der Waals surface area contributed by atoms with Crippen LogP contribution in [0.25, 0.3) is 10.9 Å². The maximum absolute atomic E-state index is 13.2. The summed E-state index contributed by atoms with van der Waals surface area (Å²) in [6.07, 6.45) is 4.69. The Balaban J connectivity index is 1.84. The second kappa shape index (κ2) is 6.93. The maximum Gasteiger partial charge on any atom is 0.268 e. The van der Waals surface area contributed by atoms with Crippen LogP contribution in [-0.2, 0) is 16.4 Å². The standard InChI is InChI=1S/C20H20ClFN2O2S/c1-23-10-2-3-17(23)11-14-13-24(20-9-4-15(21)12-19(14)20)27(25,26)18-7-5-16(22)6-8-18/h4-9,12-13,17H,2-3,10-11H2,1H3. The second-order valence-electron chi connectivity index (χ2n) is 7.05. The van der Waals surface area contributed by atoms with E-state index in [9.17, 15) is 12.8 Å². The number of fused-ring (bicyclic) bond motifs is 1. The van der Waals surface area contributed by atoms with Crippen molar-refractivity contribution in [2.45, 2.75) is 30.2 Å². The van der Waals surface area contributed by atoms with E-state index in [-0.39, 0.29) is 4.90 Å². The zero-order valence-corrected chi connectivity index (χ0v) is 16.5. The van der Waals surface area contributed by atoms with Crippen molar-refractivity contribution in [3.05, 3.63) is 65.1 Å². The average Bonchev–Trinajstić information content (AvgIpc) is 3.20. The van der Waals surface area contributed by atoms with Crippen LogP contribution in [0.3, 0.4) is 0 Å². The molecule has 1 aliphatic rings. The van der Waals surface area contributed by atoms with Crippen molar-refractivity contribution in [3.63, 3.8) is 0 Å². The number of aromatic nitrogens is 1. The number of hydrogen-bond donors (Lipinski definition) is 0. The van der Waals surface area contributed by atoms with E-state index >= 15 is 0 Å². The largest absolute Gasteiger partial charge is 0.303 e. The average molecular weight is 407 g/mol. The van der Waals surface area contributed by atoms with Crippen molar-refractivity contribution in [2.75, 3.05) is 13.6 Å². The number of rotatable bonds is 4. The van der Waals surface area contributed by atoms with E-state index in [1.165, 1.54) is 16.1 Å². The zero-order valence-electron chi connectivity index (χ0n) is 14.9. The first-order chi connectivity index (χ1) is 12.9. The van der Waals surface area contributed by atoms with Crippen LogP contribution in [0.15, 0.2) is 53.6 Å². The third-order valence-corrected chi connectivity index (χ3v) is 7.24. The Morgan fingerprint density at radius 2 is 1.93 bits per heavy atom. The smallest absolute Gasteiger partial charge is 0.268 e. The number of halogens is 2. The van der Waals surface area contributed by atoms with Crippen LogP contribution in [0.2, 0.25) is 5.02 Å². The van der Waals surface area contributed by atoms with E-state index in [1.54, 1.807) is 18.3 Å². The summed E-state index contributed by atoms with van der Waals surface area (Å²) in [5.41, 5.74) is 1.54. The number of likely N-dealkylation sites (tertiary alicyclic amines) is 1. The Bertz CT molecular complexity index is 1090. The van der Waals surface area contributed by atoms with E-state index in [0.29, 0.717) is 16.6 Å². The summed E-state index contributed by atoms with van der Waals surface area (Å²) in [5, 5.41) is 1.41. The molecule has 0 spiro atoms. The van der Waals surface area contributed by atoms with Crippen LogP contribution in [0.4, 0.5) is 4.39 Å². The van der Waals surface area contributed by atoms with E-state index < -0.39 is 15.8 Å². The summed E-state index contributed by atoms with van der Waals surface area (Å²) >= 11 is 6.18. The van der Waals surface area contributed by atoms with Gasteiger partial charge in [-0.25, -0.2) is 16.8 Å². The lowest BCUT2D eigenvalue weighted by Crippen LogP contribution is -2.26.